The highest BCUT2D eigenvalue weighted by molar-refractivity contribution is 5.54. The first kappa shape index (κ1) is 10.6. The van der Waals surface area contributed by atoms with Crippen molar-refractivity contribution in [2.24, 2.45) is 0 Å². The van der Waals surface area contributed by atoms with Gasteiger partial charge in [-0.2, -0.15) is 5.10 Å². The topological polar surface area (TPSA) is 69.6 Å². The molecule has 0 aliphatic heterocycles. The molecule has 0 atom stereocenters. The van der Waals surface area contributed by atoms with Crippen molar-refractivity contribution in [3.63, 3.8) is 0 Å². The fourth-order valence-electron chi connectivity index (χ4n) is 1.54. The van der Waals surface area contributed by atoms with Crippen molar-refractivity contribution in [2.75, 3.05) is 5.73 Å². The van der Waals surface area contributed by atoms with Gasteiger partial charge in [-0.05, 0) is 26.8 Å². The van der Waals surface area contributed by atoms with Crippen LogP contribution in [0.25, 0.3) is 11.5 Å². The second kappa shape index (κ2) is 3.92. The first-order valence-electron chi connectivity index (χ1n) is 5.26. The van der Waals surface area contributed by atoms with E-state index < -0.39 is 0 Å². The minimum absolute atomic E-state index is 0.534. The molecule has 0 aliphatic carbocycles. The maximum absolute atomic E-state index is 5.84. The van der Waals surface area contributed by atoms with Gasteiger partial charge in [0.2, 0.25) is 0 Å². The van der Waals surface area contributed by atoms with Crippen molar-refractivity contribution in [1.82, 2.24) is 19.7 Å². The first-order valence-corrected chi connectivity index (χ1v) is 5.26. The predicted molar refractivity (Wildman–Crippen MR) is 62.8 cm³/mol. The molecule has 84 valence electrons. The van der Waals surface area contributed by atoms with Crippen LogP contribution in [0.5, 0.6) is 0 Å². The highest BCUT2D eigenvalue weighted by Crippen LogP contribution is 2.19. The molecule has 0 spiro atoms. The molecule has 0 amide bonds. The molecule has 0 unspecified atom stereocenters. The minimum Gasteiger partial charge on any atom is -0.383 e. The Balaban J connectivity index is 2.57. The van der Waals surface area contributed by atoms with Crippen LogP contribution in [0, 0.1) is 13.8 Å². The largest absolute Gasteiger partial charge is 0.383 e. The molecule has 0 radical (unpaired) electrons. The van der Waals surface area contributed by atoms with Crippen LogP contribution in [0.1, 0.15) is 18.2 Å². The molecule has 5 heteroatoms. The summed E-state index contributed by atoms with van der Waals surface area (Å²) in [7, 11) is 0. The zero-order valence-corrected chi connectivity index (χ0v) is 9.73. The van der Waals surface area contributed by atoms with E-state index in [2.05, 4.69) is 15.1 Å². The molecule has 2 heterocycles. The third-order valence-corrected chi connectivity index (χ3v) is 2.67. The number of nitrogen functional groups attached to an aromatic ring is 1. The molecule has 0 aromatic carbocycles. The molecule has 2 N–H and O–H groups in total. The van der Waals surface area contributed by atoms with Gasteiger partial charge in [-0.3, -0.25) is 4.68 Å². The van der Waals surface area contributed by atoms with Crippen LogP contribution < -0.4 is 5.73 Å². The van der Waals surface area contributed by atoms with Gasteiger partial charge in [-0.15, -0.1) is 0 Å². The maximum atomic E-state index is 5.84. The van der Waals surface area contributed by atoms with Crippen LogP contribution >= 0.6 is 0 Å². The van der Waals surface area contributed by atoms with Gasteiger partial charge in [0.05, 0.1) is 0 Å². The Morgan fingerprint density at radius 1 is 1.31 bits per heavy atom. The molecule has 16 heavy (non-hydrogen) atoms. The average molecular weight is 217 g/mol. The molecule has 2 aromatic heterocycles. The number of nitrogens with two attached hydrogens (primary N) is 1. The summed E-state index contributed by atoms with van der Waals surface area (Å²) in [6.45, 7) is 6.68. The molecule has 0 saturated heterocycles. The normalized spacial score (nSPS) is 10.7. The summed E-state index contributed by atoms with van der Waals surface area (Å²) < 4.78 is 1.85. The summed E-state index contributed by atoms with van der Waals surface area (Å²) in [5.41, 5.74) is 8.58. The molecular weight excluding hydrogens is 202 g/mol. The smallest absolute Gasteiger partial charge is 0.180 e. The third kappa shape index (κ3) is 1.64. The van der Waals surface area contributed by atoms with E-state index in [1.165, 1.54) is 0 Å². The Kier molecular flexibility index (Phi) is 2.60. The van der Waals surface area contributed by atoms with Crippen LogP contribution in [-0.2, 0) is 6.54 Å². The van der Waals surface area contributed by atoms with E-state index in [1.807, 2.05) is 31.5 Å². The van der Waals surface area contributed by atoms with E-state index in [0.29, 0.717) is 11.6 Å². The molecule has 0 fully saturated rings. The highest BCUT2D eigenvalue weighted by atomic mass is 15.3. The lowest BCUT2D eigenvalue weighted by Gasteiger charge is -2.07. The number of rotatable bonds is 2. The van der Waals surface area contributed by atoms with Gasteiger partial charge in [0.25, 0.3) is 0 Å². The van der Waals surface area contributed by atoms with E-state index >= 15 is 0 Å². The Morgan fingerprint density at radius 3 is 2.69 bits per heavy atom. The van der Waals surface area contributed by atoms with Crippen LogP contribution in [0.4, 0.5) is 5.82 Å². The predicted octanol–water partition coefficient (Wildman–Crippen LogP) is 1.56. The van der Waals surface area contributed by atoms with Crippen molar-refractivity contribution in [1.29, 1.82) is 0 Å². The average Bonchev–Trinajstić information content (AvgIpc) is 2.73. The lowest BCUT2D eigenvalue weighted by Crippen LogP contribution is -2.06. The number of hydrogen-bond acceptors (Lipinski definition) is 4. The van der Waals surface area contributed by atoms with E-state index in [9.17, 15) is 0 Å². The zero-order valence-electron chi connectivity index (χ0n) is 9.73. The second-order valence-corrected chi connectivity index (χ2v) is 3.68. The fourth-order valence-corrected chi connectivity index (χ4v) is 1.54. The van der Waals surface area contributed by atoms with E-state index in [4.69, 9.17) is 5.73 Å². The summed E-state index contributed by atoms with van der Waals surface area (Å²) in [6, 6.07) is 1.90. The standard InChI is InChI=1S/C11H15N5/c1-4-16-9(5-6-13-16)11-14-8(3)7(2)10(12)15-11/h5-6H,4H2,1-3H3,(H2,12,14,15). The van der Waals surface area contributed by atoms with Gasteiger partial charge in [-0.1, -0.05) is 0 Å². The van der Waals surface area contributed by atoms with Crippen molar-refractivity contribution in [3.8, 4) is 11.5 Å². The van der Waals surface area contributed by atoms with Gasteiger partial charge < -0.3 is 5.73 Å². The molecule has 0 saturated carbocycles. The number of aryl methyl sites for hydroxylation is 2. The number of hydrogen-bond donors (Lipinski definition) is 1. The van der Waals surface area contributed by atoms with Crippen LogP contribution in [0.2, 0.25) is 0 Å². The van der Waals surface area contributed by atoms with E-state index in [-0.39, 0.29) is 0 Å². The molecular formula is C11H15N5. The number of nitrogens with zero attached hydrogens (tertiary/aromatic N) is 4. The minimum atomic E-state index is 0.534. The third-order valence-electron chi connectivity index (χ3n) is 2.67. The Labute approximate surface area is 94.3 Å². The zero-order chi connectivity index (χ0) is 11.7. The Bertz CT molecular complexity index is 492. The summed E-state index contributed by atoms with van der Waals surface area (Å²) >= 11 is 0. The Hall–Kier alpha value is -1.91. The van der Waals surface area contributed by atoms with Gasteiger partial charge in [0.1, 0.15) is 11.5 Å². The fraction of sp³-hybridized carbons (Fsp3) is 0.364. The Morgan fingerprint density at radius 2 is 2.06 bits per heavy atom. The summed E-state index contributed by atoms with van der Waals surface area (Å²) in [6.07, 6.45) is 1.74. The van der Waals surface area contributed by atoms with Crippen molar-refractivity contribution in [2.45, 2.75) is 27.3 Å². The highest BCUT2D eigenvalue weighted by Gasteiger charge is 2.10. The number of aromatic nitrogens is 4. The van der Waals surface area contributed by atoms with Gasteiger partial charge in [0, 0.05) is 24.0 Å². The monoisotopic (exact) mass is 217 g/mol. The number of anilines is 1. The van der Waals surface area contributed by atoms with Crippen molar-refractivity contribution >= 4 is 5.82 Å². The lowest BCUT2D eigenvalue weighted by atomic mass is 10.2. The maximum Gasteiger partial charge on any atom is 0.180 e. The first-order chi connectivity index (χ1) is 7.63. The van der Waals surface area contributed by atoms with Crippen molar-refractivity contribution < 1.29 is 0 Å². The quantitative estimate of drug-likeness (QED) is 0.828. The molecule has 5 nitrogen and oxygen atoms in total. The lowest BCUT2D eigenvalue weighted by molar-refractivity contribution is 0.663. The van der Waals surface area contributed by atoms with Gasteiger partial charge >= 0.3 is 0 Å². The SMILES string of the molecule is CCn1nccc1-c1nc(C)c(C)c(N)n1. The van der Waals surface area contributed by atoms with E-state index in [1.54, 1.807) is 6.20 Å². The van der Waals surface area contributed by atoms with Crippen LogP contribution in [0.15, 0.2) is 12.3 Å². The van der Waals surface area contributed by atoms with Gasteiger partial charge in [-0.25, -0.2) is 9.97 Å². The molecule has 2 rings (SSSR count). The molecule has 0 bridgehead atoms. The van der Waals surface area contributed by atoms with Crippen molar-refractivity contribution in [3.05, 3.63) is 23.5 Å². The summed E-state index contributed by atoms with van der Waals surface area (Å²) in [4.78, 5) is 8.72. The second-order valence-electron chi connectivity index (χ2n) is 3.68. The summed E-state index contributed by atoms with van der Waals surface area (Å²) in [5, 5.41) is 4.19. The molecule has 2 aromatic rings. The summed E-state index contributed by atoms with van der Waals surface area (Å²) in [5.74, 6) is 1.17. The van der Waals surface area contributed by atoms with Crippen LogP contribution in [0.3, 0.4) is 0 Å². The van der Waals surface area contributed by atoms with Crippen LogP contribution in [-0.4, -0.2) is 19.7 Å². The molecule has 0 aliphatic rings. The van der Waals surface area contributed by atoms with E-state index in [0.717, 1.165) is 23.5 Å². The van der Waals surface area contributed by atoms with Gasteiger partial charge in [0.15, 0.2) is 5.82 Å².